The predicted octanol–water partition coefficient (Wildman–Crippen LogP) is 1.04. The average molecular weight is 299 g/mol. The molecule has 0 radical (unpaired) electrons. The topological polar surface area (TPSA) is 95.7 Å². The molecule has 0 saturated heterocycles. The number of benzene rings is 2. The second-order valence-corrected chi connectivity index (χ2v) is 4.55. The monoisotopic (exact) mass is 299 g/mol. The van der Waals surface area contributed by atoms with Crippen LogP contribution in [0.25, 0.3) is 0 Å². The van der Waals surface area contributed by atoms with Gasteiger partial charge in [0.05, 0.1) is 6.61 Å². The number of rotatable bonds is 4. The van der Waals surface area contributed by atoms with E-state index in [2.05, 4.69) is 5.32 Å². The first-order chi connectivity index (χ1) is 10.6. The SMILES string of the molecule is Nc1ccc(N(C(=O)C(=O)NCCO)c2ccccc2)cc1. The highest BCUT2D eigenvalue weighted by atomic mass is 16.3. The molecule has 0 aliphatic rings. The second kappa shape index (κ2) is 7.24. The largest absolute Gasteiger partial charge is 0.399 e. The zero-order valence-electron chi connectivity index (χ0n) is 11.9. The second-order valence-electron chi connectivity index (χ2n) is 4.55. The number of nitrogens with zero attached hydrogens (tertiary/aromatic N) is 1. The smallest absolute Gasteiger partial charge is 0.320 e. The van der Waals surface area contributed by atoms with Gasteiger partial charge in [-0.05, 0) is 36.4 Å². The molecule has 0 bridgehead atoms. The van der Waals surface area contributed by atoms with Gasteiger partial charge < -0.3 is 16.2 Å². The number of hydrogen-bond acceptors (Lipinski definition) is 4. The molecule has 0 aliphatic carbocycles. The Kier molecular flexibility index (Phi) is 5.11. The van der Waals surface area contributed by atoms with Crippen molar-refractivity contribution in [2.75, 3.05) is 23.8 Å². The summed E-state index contributed by atoms with van der Waals surface area (Å²) >= 11 is 0. The van der Waals surface area contributed by atoms with E-state index in [4.69, 9.17) is 10.8 Å². The summed E-state index contributed by atoms with van der Waals surface area (Å²) in [5, 5.41) is 11.1. The van der Waals surface area contributed by atoms with Crippen molar-refractivity contribution in [3.8, 4) is 0 Å². The standard InChI is InChI=1S/C16H17N3O3/c17-12-6-8-14(9-7-12)19(13-4-2-1-3-5-13)16(22)15(21)18-10-11-20/h1-9,20H,10-11,17H2,(H,18,21). The number of nitrogens with one attached hydrogen (secondary N) is 1. The first-order valence-corrected chi connectivity index (χ1v) is 6.77. The van der Waals surface area contributed by atoms with Crippen LogP contribution in [0.1, 0.15) is 0 Å². The van der Waals surface area contributed by atoms with E-state index in [-0.39, 0.29) is 13.2 Å². The Morgan fingerprint density at radius 2 is 1.59 bits per heavy atom. The van der Waals surface area contributed by atoms with Crippen LogP contribution >= 0.6 is 0 Å². The Balaban J connectivity index is 2.36. The Morgan fingerprint density at radius 1 is 1.00 bits per heavy atom. The number of hydrogen-bond donors (Lipinski definition) is 3. The number of carbonyl (C=O) groups is 2. The van der Waals surface area contributed by atoms with E-state index in [0.717, 1.165) is 0 Å². The summed E-state index contributed by atoms with van der Waals surface area (Å²) in [5.74, 6) is -1.51. The number of nitrogens with two attached hydrogens (primary N) is 1. The third kappa shape index (κ3) is 3.62. The molecule has 0 atom stereocenters. The van der Waals surface area contributed by atoms with Crippen LogP contribution in [-0.4, -0.2) is 30.1 Å². The Hall–Kier alpha value is -2.86. The quantitative estimate of drug-likeness (QED) is 0.580. The first-order valence-electron chi connectivity index (χ1n) is 6.77. The molecule has 2 amide bonds. The van der Waals surface area contributed by atoms with Gasteiger partial charge in [0.2, 0.25) is 0 Å². The lowest BCUT2D eigenvalue weighted by Crippen LogP contribution is -2.41. The number of aliphatic hydroxyl groups excluding tert-OH is 1. The normalized spacial score (nSPS) is 10.0. The van der Waals surface area contributed by atoms with Gasteiger partial charge in [0.15, 0.2) is 0 Å². The maximum Gasteiger partial charge on any atom is 0.320 e. The number of aliphatic hydroxyl groups is 1. The first kappa shape index (κ1) is 15.5. The molecule has 0 unspecified atom stereocenters. The lowest BCUT2D eigenvalue weighted by Gasteiger charge is -2.22. The number of nitrogen functional groups attached to an aromatic ring is 1. The summed E-state index contributed by atoms with van der Waals surface area (Å²) in [4.78, 5) is 25.7. The van der Waals surface area contributed by atoms with Crippen molar-refractivity contribution < 1.29 is 14.7 Å². The van der Waals surface area contributed by atoms with Gasteiger partial charge in [0.1, 0.15) is 0 Å². The van der Waals surface area contributed by atoms with E-state index in [0.29, 0.717) is 17.1 Å². The Bertz CT molecular complexity index is 641. The van der Waals surface area contributed by atoms with Crippen LogP contribution in [0.15, 0.2) is 54.6 Å². The van der Waals surface area contributed by atoms with E-state index >= 15 is 0 Å². The van der Waals surface area contributed by atoms with Crippen LogP contribution in [0.4, 0.5) is 17.1 Å². The lowest BCUT2D eigenvalue weighted by atomic mass is 10.2. The number of para-hydroxylation sites is 1. The van der Waals surface area contributed by atoms with Crippen LogP contribution in [0.3, 0.4) is 0 Å². The van der Waals surface area contributed by atoms with Gasteiger partial charge in [-0.25, -0.2) is 0 Å². The fourth-order valence-corrected chi connectivity index (χ4v) is 1.93. The van der Waals surface area contributed by atoms with Crippen LogP contribution in [0.5, 0.6) is 0 Å². The van der Waals surface area contributed by atoms with Gasteiger partial charge >= 0.3 is 11.8 Å². The van der Waals surface area contributed by atoms with E-state index < -0.39 is 11.8 Å². The molecule has 0 saturated carbocycles. The summed E-state index contributed by atoms with van der Waals surface area (Å²) in [6.45, 7) is -0.207. The minimum Gasteiger partial charge on any atom is -0.399 e. The summed E-state index contributed by atoms with van der Waals surface area (Å²) in [6.07, 6.45) is 0. The number of anilines is 3. The van der Waals surface area contributed by atoms with E-state index in [1.165, 1.54) is 4.90 Å². The van der Waals surface area contributed by atoms with Crippen molar-refractivity contribution >= 4 is 28.9 Å². The average Bonchev–Trinajstić information content (AvgIpc) is 2.55. The lowest BCUT2D eigenvalue weighted by molar-refractivity contribution is -0.137. The molecule has 0 fully saturated rings. The molecule has 22 heavy (non-hydrogen) atoms. The molecular formula is C16H17N3O3. The molecule has 6 nitrogen and oxygen atoms in total. The fourth-order valence-electron chi connectivity index (χ4n) is 1.93. The van der Waals surface area contributed by atoms with Crippen LogP contribution < -0.4 is 16.0 Å². The van der Waals surface area contributed by atoms with Crippen molar-refractivity contribution in [3.05, 3.63) is 54.6 Å². The zero-order chi connectivity index (χ0) is 15.9. The summed E-state index contributed by atoms with van der Waals surface area (Å²) in [6, 6.07) is 15.5. The van der Waals surface area contributed by atoms with Gasteiger partial charge in [-0.1, -0.05) is 18.2 Å². The van der Waals surface area contributed by atoms with E-state index in [1.54, 1.807) is 48.5 Å². The van der Waals surface area contributed by atoms with Gasteiger partial charge in [-0.2, -0.15) is 0 Å². The van der Waals surface area contributed by atoms with Gasteiger partial charge in [-0.15, -0.1) is 0 Å². The third-order valence-electron chi connectivity index (χ3n) is 2.96. The molecule has 0 aromatic heterocycles. The van der Waals surface area contributed by atoms with Crippen molar-refractivity contribution in [2.45, 2.75) is 0 Å². The van der Waals surface area contributed by atoms with E-state index in [9.17, 15) is 9.59 Å². The fraction of sp³-hybridized carbons (Fsp3) is 0.125. The Morgan fingerprint density at radius 3 is 2.18 bits per heavy atom. The zero-order valence-corrected chi connectivity index (χ0v) is 11.9. The van der Waals surface area contributed by atoms with E-state index in [1.807, 2.05) is 6.07 Å². The highest BCUT2D eigenvalue weighted by Crippen LogP contribution is 2.26. The van der Waals surface area contributed by atoms with Crippen molar-refractivity contribution in [1.29, 1.82) is 0 Å². The molecule has 2 rings (SSSR count). The summed E-state index contributed by atoms with van der Waals surface area (Å²) in [7, 11) is 0. The van der Waals surface area contributed by atoms with Gasteiger partial charge in [0, 0.05) is 23.6 Å². The molecule has 114 valence electrons. The third-order valence-corrected chi connectivity index (χ3v) is 2.96. The number of amides is 2. The molecule has 4 N–H and O–H groups in total. The van der Waals surface area contributed by atoms with Crippen molar-refractivity contribution in [1.82, 2.24) is 5.32 Å². The maximum absolute atomic E-state index is 12.4. The molecule has 0 spiro atoms. The highest BCUT2D eigenvalue weighted by Gasteiger charge is 2.24. The molecule has 0 heterocycles. The molecule has 0 aliphatic heterocycles. The summed E-state index contributed by atoms with van der Waals surface area (Å²) < 4.78 is 0. The van der Waals surface area contributed by atoms with Crippen molar-refractivity contribution in [3.63, 3.8) is 0 Å². The van der Waals surface area contributed by atoms with Crippen LogP contribution in [0.2, 0.25) is 0 Å². The minimum atomic E-state index is -0.783. The van der Waals surface area contributed by atoms with Crippen LogP contribution in [0, 0.1) is 0 Å². The minimum absolute atomic E-state index is 0.0228. The molecule has 2 aromatic rings. The number of carbonyl (C=O) groups excluding carboxylic acids is 2. The van der Waals surface area contributed by atoms with Crippen molar-refractivity contribution in [2.24, 2.45) is 0 Å². The predicted molar refractivity (Wildman–Crippen MR) is 84.5 cm³/mol. The van der Waals surface area contributed by atoms with Crippen LogP contribution in [-0.2, 0) is 9.59 Å². The molecular weight excluding hydrogens is 282 g/mol. The molecule has 6 heteroatoms. The molecule has 2 aromatic carbocycles. The van der Waals surface area contributed by atoms with Gasteiger partial charge in [0.25, 0.3) is 0 Å². The van der Waals surface area contributed by atoms with Gasteiger partial charge in [-0.3, -0.25) is 14.5 Å². The summed E-state index contributed by atoms with van der Waals surface area (Å²) in [5.41, 5.74) is 7.32. The maximum atomic E-state index is 12.4. The Labute approximate surface area is 128 Å². The highest BCUT2D eigenvalue weighted by molar-refractivity contribution is 6.42.